The van der Waals surface area contributed by atoms with E-state index in [2.05, 4.69) is 22.5 Å². The Balaban J connectivity index is 1.70. The van der Waals surface area contributed by atoms with Crippen molar-refractivity contribution in [3.8, 4) is 0 Å². The number of nitrogens with one attached hydrogen (secondary N) is 2. The molecule has 1 saturated heterocycles. The lowest BCUT2D eigenvalue weighted by atomic mass is 9.96. The summed E-state index contributed by atoms with van der Waals surface area (Å²) in [6.45, 7) is 6.10. The second kappa shape index (κ2) is 5.35. The fraction of sp³-hybridized carbons (Fsp3) is 0.909. The molecule has 0 aliphatic carbocycles. The first-order chi connectivity index (χ1) is 7.34. The van der Waals surface area contributed by atoms with E-state index in [1.165, 1.54) is 12.8 Å². The molecule has 2 aliphatic rings. The Kier molecular flexibility index (Phi) is 3.83. The van der Waals surface area contributed by atoms with Crippen LogP contribution >= 0.6 is 0 Å². The van der Waals surface area contributed by atoms with Gasteiger partial charge in [0.2, 0.25) is 0 Å². The molecule has 15 heavy (non-hydrogen) atoms. The van der Waals surface area contributed by atoms with Gasteiger partial charge in [-0.2, -0.15) is 0 Å². The van der Waals surface area contributed by atoms with Crippen LogP contribution in [0.25, 0.3) is 0 Å². The molecule has 2 heterocycles. The first-order valence-corrected chi connectivity index (χ1v) is 5.98. The lowest BCUT2D eigenvalue weighted by molar-refractivity contribution is 0.00378. The van der Waals surface area contributed by atoms with Crippen LogP contribution in [0.2, 0.25) is 0 Å². The fourth-order valence-corrected chi connectivity index (χ4v) is 2.17. The van der Waals surface area contributed by atoms with E-state index in [1.807, 2.05) is 0 Å². The molecule has 2 atom stereocenters. The highest BCUT2D eigenvalue weighted by Gasteiger charge is 2.19. The predicted molar refractivity (Wildman–Crippen MR) is 61.1 cm³/mol. The van der Waals surface area contributed by atoms with E-state index < -0.39 is 0 Å². The molecule has 0 amide bonds. The highest BCUT2D eigenvalue weighted by Crippen LogP contribution is 2.18. The summed E-state index contributed by atoms with van der Waals surface area (Å²) in [7, 11) is 0. The molecule has 0 spiro atoms. The third-order valence-electron chi connectivity index (χ3n) is 3.05. The Morgan fingerprint density at radius 1 is 1.60 bits per heavy atom. The molecule has 2 aliphatic heterocycles. The third-order valence-corrected chi connectivity index (χ3v) is 3.05. The van der Waals surface area contributed by atoms with Crippen molar-refractivity contribution in [1.29, 1.82) is 0 Å². The average Bonchev–Trinajstić information content (AvgIpc) is 2.28. The van der Waals surface area contributed by atoms with Crippen molar-refractivity contribution in [2.24, 2.45) is 10.9 Å². The van der Waals surface area contributed by atoms with E-state index in [1.54, 1.807) is 0 Å². The summed E-state index contributed by atoms with van der Waals surface area (Å²) < 4.78 is 5.53. The molecule has 2 N–H and O–H groups in total. The van der Waals surface area contributed by atoms with Crippen molar-refractivity contribution in [2.45, 2.75) is 32.3 Å². The number of aliphatic imine (C=N–C) groups is 1. The van der Waals surface area contributed by atoms with Crippen molar-refractivity contribution >= 4 is 5.96 Å². The molecule has 2 rings (SSSR count). The number of nitrogens with zero attached hydrogens (tertiary/aromatic N) is 1. The van der Waals surface area contributed by atoms with Crippen molar-refractivity contribution in [3.63, 3.8) is 0 Å². The van der Waals surface area contributed by atoms with Crippen LogP contribution in [0.4, 0.5) is 0 Å². The zero-order valence-corrected chi connectivity index (χ0v) is 9.46. The standard InChI is InChI=1S/C11H21N3O/c1-9-7-10(3-6-15-9)8-14-11-12-4-2-5-13-11/h9-10H,2-8H2,1H3,(H2,12,13,14). The molecular weight excluding hydrogens is 190 g/mol. The number of guanidine groups is 1. The summed E-state index contributed by atoms with van der Waals surface area (Å²) in [5.41, 5.74) is 0. The molecule has 4 nitrogen and oxygen atoms in total. The molecule has 86 valence electrons. The van der Waals surface area contributed by atoms with Gasteiger partial charge in [-0.1, -0.05) is 0 Å². The second-order valence-electron chi connectivity index (χ2n) is 4.46. The van der Waals surface area contributed by atoms with Gasteiger partial charge >= 0.3 is 0 Å². The van der Waals surface area contributed by atoms with Crippen LogP contribution in [0, 0.1) is 5.92 Å². The molecule has 0 bridgehead atoms. The Hall–Kier alpha value is -0.770. The van der Waals surface area contributed by atoms with E-state index in [4.69, 9.17) is 4.74 Å². The van der Waals surface area contributed by atoms with Gasteiger partial charge in [0.1, 0.15) is 0 Å². The van der Waals surface area contributed by atoms with Gasteiger partial charge in [-0.25, -0.2) is 0 Å². The molecule has 0 saturated carbocycles. The first kappa shape index (κ1) is 10.7. The zero-order valence-electron chi connectivity index (χ0n) is 9.46. The normalized spacial score (nSPS) is 31.7. The van der Waals surface area contributed by atoms with Gasteiger partial charge < -0.3 is 15.4 Å². The Morgan fingerprint density at radius 2 is 2.53 bits per heavy atom. The first-order valence-electron chi connectivity index (χ1n) is 5.98. The monoisotopic (exact) mass is 211 g/mol. The van der Waals surface area contributed by atoms with Crippen molar-refractivity contribution in [2.75, 3.05) is 26.2 Å². The van der Waals surface area contributed by atoms with E-state index in [0.29, 0.717) is 6.10 Å². The van der Waals surface area contributed by atoms with Crippen LogP contribution in [0.3, 0.4) is 0 Å². The number of hydrogen-bond donors (Lipinski definition) is 2. The summed E-state index contributed by atoms with van der Waals surface area (Å²) >= 11 is 0. The Bertz CT molecular complexity index is 230. The SMILES string of the molecule is CC1CC(CNC2=NCCCN2)CCO1. The topological polar surface area (TPSA) is 45.7 Å². The minimum atomic E-state index is 0.423. The smallest absolute Gasteiger partial charge is 0.191 e. The van der Waals surface area contributed by atoms with Gasteiger partial charge in [0.05, 0.1) is 6.10 Å². The lowest BCUT2D eigenvalue weighted by Crippen LogP contribution is -2.43. The van der Waals surface area contributed by atoms with Gasteiger partial charge in [0, 0.05) is 26.2 Å². The van der Waals surface area contributed by atoms with E-state index in [-0.39, 0.29) is 0 Å². The zero-order chi connectivity index (χ0) is 10.5. The molecule has 0 aromatic heterocycles. The van der Waals surface area contributed by atoms with E-state index in [9.17, 15) is 0 Å². The average molecular weight is 211 g/mol. The van der Waals surface area contributed by atoms with Crippen molar-refractivity contribution in [3.05, 3.63) is 0 Å². The number of rotatable bonds is 2. The minimum Gasteiger partial charge on any atom is -0.378 e. The predicted octanol–water partition coefficient (Wildman–Crippen LogP) is 0.740. The largest absolute Gasteiger partial charge is 0.378 e. The van der Waals surface area contributed by atoms with Gasteiger partial charge in [0.15, 0.2) is 5.96 Å². The highest BCUT2D eigenvalue weighted by atomic mass is 16.5. The Labute approximate surface area is 91.5 Å². The summed E-state index contributed by atoms with van der Waals surface area (Å²) in [4.78, 5) is 4.40. The van der Waals surface area contributed by atoms with Crippen LogP contribution in [0.1, 0.15) is 26.2 Å². The Morgan fingerprint density at radius 3 is 3.27 bits per heavy atom. The molecule has 0 radical (unpaired) electrons. The minimum absolute atomic E-state index is 0.423. The van der Waals surface area contributed by atoms with Crippen LogP contribution < -0.4 is 10.6 Å². The van der Waals surface area contributed by atoms with Gasteiger partial charge in [-0.3, -0.25) is 4.99 Å². The summed E-state index contributed by atoms with van der Waals surface area (Å²) in [6.07, 6.45) is 3.91. The molecule has 0 aromatic rings. The van der Waals surface area contributed by atoms with Crippen molar-refractivity contribution in [1.82, 2.24) is 10.6 Å². The van der Waals surface area contributed by atoms with Gasteiger partial charge in [0.25, 0.3) is 0 Å². The van der Waals surface area contributed by atoms with E-state index in [0.717, 1.165) is 44.5 Å². The van der Waals surface area contributed by atoms with E-state index >= 15 is 0 Å². The fourth-order valence-electron chi connectivity index (χ4n) is 2.17. The maximum absolute atomic E-state index is 5.53. The van der Waals surface area contributed by atoms with Gasteiger partial charge in [-0.15, -0.1) is 0 Å². The van der Waals surface area contributed by atoms with Crippen LogP contribution in [0.5, 0.6) is 0 Å². The lowest BCUT2D eigenvalue weighted by Gasteiger charge is -2.28. The summed E-state index contributed by atoms with van der Waals surface area (Å²) in [5.74, 6) is 1.72. The quantitative estimate of drug-likeness (QED) is 0.708. The van der Waals surface area contributed by atoms with Crippen molar-refractivity contribution < 1.29 is 4.74 Å². The molecule has 0 aromatic carbocycles. The van der Waals surface area contributed by atoms with Crippen LogP contribution in [-0.2, 0) is 4.74 Å². The third kappa shape index (κ3) is 3.38. The molecule has 2 unspecified atom stereocenters. The molecule has 1 fully saturated rings. The van der Waals surface area contributed by atoms with Crippen LogP contribution in [-0.4, -0.2) is 38.3 Å². The summed E-state index contributed by atoms with van der Waals surface area (Å²) in [5, 5.41) is 6.67. The molecular formula is C11H21N3O. The molecule has 4 heteroatoms. The van der Waals surface area contributed by atoms with Gasteiger partial charge in [-0.05, 0) is 32.1 Å². The number of ether oxygens (including phenoxy) is 1. The second-order valence-corrected chi connectivity index (χ2v) is 4.46. The maximum atomic E-state index is 5.53. The summed E-state index contributed by atoms with van der Waals surface area (Å²) in [6, 6.07) is 0. The highest BCUT2D eigenvalue weighted by molar-refractivity contribution is 5.80. The van der Waals surface area contributed by atoms with Crippen LogP contribution in [0.15, 0.2) is 4.99 Å². The number of hydrogen-bond acceptors (Lipinski definition) is 4. The maximum Gasteiger partial charge on any atom is 0.191 e.